The Balaban J connectivity index is 1.58. The normalized spacial score (nSPS) is 14.3. The molecule has 0 saturated heterocycles. The second kappa shape index (κ2) is 6.29. The Labute approximate surface area is 150 Å². The smallest absolute Gasteiger partial charge is 0.142 e. The van der Waals surface area contributed by atoms with E-state index in [1.54, 1.807) is 0 Å². The molecule has 0 spiro atoms. The number of fused-ring (bicyclic) bond motifs is 1. The lowest BCUT2D eigenvalue weighted by molar-refractivity contribution is 0.303. The van der Waals surface area contributed by atoms with Crippen molar-refractivity contribution in [1.82, 2.24) is 20.0 Å². The van der Waals surface area contributed by atoms with Gasteiger partial charge in [0.2, 0.25) is 0 Å². The molecule has 124 valence electrons. The lowest BCUT2D eigenvalue weighted by atomic mass is 10.2. The van der Waals surface area contributed by atoms with Crippen LogP contribution >= 0.6 is 27.5 Å². The first-order valence-electron chi connectivity index (χ1n) is 7.56. The van der Waals surface area contributed by atoms with Gasteiger partial charge in [-0.15, -0.1) is 5.10 Å². The molecule has 0 aliphatic heterocycles. The van der Waals surface area contributed by atoms with Gasteiger partial charge in [0.05, 0.1) is 16.2 Å². The topological polar surface area (TPSA) is 52.8 Å². The summed E-state index contributed by atoms with van der Waals surface area (Å²) < 4.78 is 21.7. The van der Waals surface area contributed by atoms with Gasteiger partial charge in [-0.2, -0.15) is 0 Å². The Morgan fingerprint density at radius 2 is 2.21 bits per heavy atom. The van der Waals surface area contributed by atoms with Gasteiger partial charge < -0.3 is 4.74 Å². The van der Waals surface area contributed by atoms with Crippen LogP contribution in [0.15, 0.2) is 28.9 Å². The molecule has 0 bridgehead atoms. The van der Waals surface area contributed by atoms with Crippen molar-refractivity contribution in [3.8, 4) is 5.75 Å². The van der Waals surface area contributed by atoms with Crippen molar-refractivity contribution < 1.29 is 9.13 Å². The molecule has 0 unspecified atom stereocenters. The van der Waals surface area contributed by atoms with E-state index in [-0.39, 0.29) is 11.8 Å². The predicted octanol–water partition coefficient (Wildman–Crippen LogP) is 4.37. The fourth-order valence-corrected chi connectivity index (χ4v) is 3.19. The summed E-state index contributed by atoms with van der Waals surface area (Å²) in [4.78, 5) is 3.77. The van der Waals surface area contributed by atoms with Crippen molar-refractivity contribution in [2.24, 2.45) is 5.92 Å². The zero-order valence-electron chi connectivity index (χ0n) is 12.5. The van der Waals surface area contributed by atoms with E-state index in [9.17, 15) is 4.39 Å². The van der Waals surface area contributed by atoms with Gasteiger partial charge in [0, 0.05) is 12.1 Å². The first-order chi connectivity index (χ1) is 11.6. The quantitative estimate of drug-likeness (QED) is 0.585. The summed E-state index contributed by atoms with van der Waals surface area (Å²) in [5.41, 5.74) is 2.20. The molecule has 3 aromatic rings. The van der Waals surface area contributed by atoms with Gasteiger partial charge in [0.15, 0.2) is 0 Å². The Kier molecular flexibility index (Phi) is 4.14. The maximum atomic E-state index is 13.3. The standard InChI is InChI=1S/C16H13BrClFN4O/c17-14-13(24-8-10-5-11(19)6-20-16(10)18)4-3-12-15(14)21-22-23(12)7-9-1-2-9/h3-6,9H,1-2,7-8H2. The second-order valence-corrected chi connectivity index (χ2v) is 7.00. The monoisotopic (exact) mass is 410 g/mol. The molecular formula is C16H13BrClFN4O. The number of halogens is 3. The van der Waals surface area contributed by atoms with E-state index in [4.69, 9.17) is 16.3 Å². The SMILES string of the molecule is Fc1cnc(Cl)c(COc2ccc3c(nnn3CC3CC3)c2Br)c1. The van der Waals surface area contributed by atoms with Gasteiger partial charge in [-0.3, -0.25) is 0 Å². The highest BCUT2D eigenvalue weighted by molar-refractivity contribution is 9.10. The van der Waals surface area contributed by atoms with Crippen molar-refractivity contribution in [2.75, 3.05) is 0 Å². The van der Waals surface area contributed by atoms with E-state index in [0.717, 1.165) is 28.2 Å². The summed E-state index contributed by atoms with van der Waals surface area (Å²) in [7, 11) is 0. The Bertz CT molecular complexity index is 912. The summed E-state index contributed by atoms with van der Waals surface area (Å²) in [5.74, 6) is 0.865. The lowest BCUT2D eigenvalue weighted by Gasteiger charge is -2.09. The minimum absolute atomic E-state index is 0.115. The molecule has 24 heavy (non-hydrogen) atoms. The zero-order valence-corrected chi connectivity index (χ0v) is 14.9. The van der Waals surface area contributed by atoms with Crippen LogP contribution in [0.4, 0.5) is 4.39 Å². The Morgan fingerprint density at radius 3 is 3.00 bits per heavy atom. The van der Waals surface area contributed by atoms with Crippen LogP contribution in [0.2, 0.25) is 5.15 Å². The third-order valence-corrected chi connectivity index (χ3v) is 5.09. The molecule has 1 aliphatic rings. The molecule has 5 nitrogen and oxygen atoms in total. The fraction of sp³-hybridized carbons (Fsp3) is 0.312. The molecule has 1 aromatic carbocycles. The molecule has 0 N–H and O–H groups in total. The van der Waals surface area contributed by atoms with Gasteiger partial charge in [-0.05, 0) is 52.9 Å². The highest BCUT2D eigenvalue weighted by Crippen LogP contribution is 2.35. The minimum Gasteiger partial charge on any atom is -0.488 e. The number of pyridine rings is 1. The third-order valence-electron chi connectivity index (χ3n) is 3.98. The Hall–Kier alpha value is -1.73. The number of rotatable bonds is 5. The van der Waals surface area contributed by atoms with Crippen molar-refractivity contribution in [2.45, 2.75) is 26.0 Å². The molecule has 1 aliphatic carbocycles. The average Bonchev–Trinajstić information content (AvgIpc) is 3.29. The number of aromatic nitrogens is 4. The van der Waals surface area contributed by atoms with Crippen LogP contribution < -0.4 is 4.74 Å². The molecule has 0 amide bonds. The van der Waals surface area contributed by atoms with Gasteiger partial charge in [-0.25, -0.2) is 14.1 Å². The summed E-state index contributed by atoms with van der Waals surface area (Å²) >= 11 is 9.48. The van der Waals surface area contributed by atoms with E-state index < -0.39 is 5.82 Å². The molecule has 0 atom stereocenters. The molecule has 2 heterocycles. The molecular weight excluding hydrogens is 399 g/mol. The fourth-order valence-electron chi connectivity index (χ4n) is 2.50. The zero-order chi connectivity index (χ0) is 16.7. The summed E-state index contributed by atoms with van der Waals surface area (Å²) in [6.45, 7) is 1.01. The van der Waals surface area contributed by atoms with E-state index >= 15 is 0 Å². The third kappa shape index (κ3) is 3.10. The number of ether oxygens (including phenoxy) is 1. The van der Waals surface area contributed by atoms with Gasteiger partial charge in [0.1, 0.15) is 28.8 Å². The van der Waals surface area contributed by atoms with Crippen LogP contribution in [-0.4, -0.2) is 20.0 Å². The highest BCUT2D eigenvalue weighted by Gasteiger charge is 2.23. The second-order valence-electron chi connectivity index (χ2n) is 5.85. The number of hydrogen-bond acceptors (Lipinski definition) is 4. The highest BCUT2D eigenvalue weighted by atomic mass is 79.9. The van der Waals surface area contributed by atoms with Crippen LogP contribution in [0.5, 0.6) is 5.75 Å². The summed E-state index contributed by atoms with van der Waals surface area (Å²) in [5, 5.41) is 8.68. The van der Waals surface area contributed by atoms with Crippen molar-refractivity contribution >= 4 is 38.6 Å². The summed E-state index contributed by atoms with van der Waals surface area (Å²) in [6.07, 6.45) is 3.59. The van der Waals surface area contributed by atoms with E-state index in [1.165, 1.54) is 18.9 Å². The Morgan fingerprint density at radius 1 is 1.38 bits per heavy atom. The molecule has 4 rings (SSSR count). The van der Waals surface area contributed by atoms with Crippen LogP contribution in [-0.2, 0) is 13.2 Å². The van der Waals surface area contributed by atoms with Crippen molar-refractivity contribution in [3.63, 3.8) is 0 Å². The summed E-state index contributed by atoms with van der Waals surface area (Å²) in [6, 6.07) is 5.09. The first-order valence-corrected chi connectivity index (χ1v) is 8.73. The molecule has 1 saturated carbocycles. The van der Waals surface area contributed by atoms with E-state index in [2.05, 4.69) is 31.2 Å². The maximum Gasteiger partial charge on any atom is 0.142 e. The van der Waals surface area contributed by atoms with Gasteiger partial charge >= 0.3 is 0 Å². The molecule has 0 radical (unpaired) electrons. The van der Waals surface area contributed by atoms with Crippen molar-refractivity contribution in [3.05, 3.63) is 45.4 Å². The molecule has 1 fully saturated rings. The van der Waals surface area contributed by atoms with Crippen LogP contribution in [0.1, 0.15) is 18.4 Å². The average molecular weight is 412 g/mol. The first kappa shape index (κ1) is 15.8. The van der Waals surface area contributed by atoms with E-state index in [0.29, 0.717) is 17.2 Å². The number of hydrogen-bond donors (Lipinski definition) is 0. The predicted molar refractivity (Wildman–Crippen MR) is 91.5 cm³/mol. The van der Waals surface area contributed by atoms with Gasteiger partial charge in [-0.1, -0.05) is 16.8 Å². The minimum atomic E-state index is -0.449. The lowest BCUT2D eigenvalue weighted by Crippen LogP contribution is -2.02. The van der Waals surface area contributed by atoms with Gasteiger partial charge in [0.25, 0.3) is 0 Å². The number of benzene rings is 1. The van der Waals surface area contributed by atoms with Crippen LogP contribution in [0.25, 0.3) is 11.0 Å². The van der Waals surface area contributed by atoms with Crippen LogP contribution in [0, 0.1) is 11.7 Å². The maximum absolute atomic E-state index is 13.3. The largest absolute Gasteiger partial charge is 0.488 e. The molecule has 8 heteroatoms. The molecule has 2 aromatic heterocycles. The van der Waals surface area contributed by atoms with Crippen LogP contribution in [0.3, 0.4) is 0 Å². The number of nitrogens with zero attached hydrogens (tertiary/aromatic N) is 4. The van der Waals surface area contributed by atoms with E-state index in [1.807, 2.05) is 16.8 Å². The van der Waals surface area contributed by atoms with Crippen molar-refractivity contribution in [1.29, 1.82) is 0 Å².